The lowest BCUT2D eigenvalue weighted by atomic mass is 9.85. The number of carbonyl (C=O) groups excluding carboxylic acids is 1. The molecule has 0 bridgehead atoms. The van der Waals surface area contributed by atoms with Crippen molar-refractivity contribution in [1.29, 1.82) is 0 Å². The van der Waals surface area contributed by atoms with Gasteiger partial charge in [0.05, 0.1) is 6.61 Å². The van der Waals surface area contributed by atoms with Crippen molar-refractivity contribution in [2.45, 2.75) is 64.5 Å². The normalized spacial score (nSPS) is 29.3. The highest BCUT2D eigenvalue weighted by atomic mass is 16.6. The summed E-state index contributed by atoms with van der Waals surface area (Å²) in [6.07, 6.45) is 7.40. The van der Waals surface area contributed by atoms with Crippen LogP contribution in [0, 0.1) is 5.92 Å². The van der Waals surface area contributed by atoms with Crippen molar-refractivity contribution in [3.63, 3.8) is 0 Å². The average molecular weight is 268 g/mol. The third kappa shape index (κ3) is 4.10. The fourth-order valence-corrected chi connectivity index (χ4v) is 3.31. The van der Waals surface area contributed by atoms with Gasteiger partial charge < -0.3 is 15.0 Å². The lowest BCUT2D eigenvalue weighted by molar-refractivity contribution is 0.0924. The average Bonchev–Trinajstić information content (AvgIpc) is 2.42. The van der Waals surface area contributed by atoms with E-state index in [9.17, 15) is 4.79 Å². The Morgan fingerprint density at radius 1 is 1.21 bits per heavy atom. The second-order valence-electron chi connectivity index (χ2n) is 6.00. The molecule has 2 atom stereocenters. The van der Waals surface area contributed by atoms with Crippen LogP contribution in [0.4, 0.5) is 4.79 Å². The van der Waals surface area contributed by atoms with Crippen LogP contribution in [0.1, 0.15) is 52.4 Å². The van der Waals surface area contributed by atoms with Crippen LogP contribution in [-0.4, -0.2) is 42.8 Å². The van der Waals surface area contributed by atoms with Crippen LogP contribution in [0.25, 0.3) is 0 Å². The molecule has 0 aromatic rings. The van der Waals surface area contributed by atoms with Crippen molar-refractivity contribution in [3.8, 4) is 0 Å². The SMILES string of the molecule is CCOC(=O)N1CCC(N[C@@H]2CCCC[C@@H]2C)CC1. The third-order valence-electron chi connectivity index (χ3n) is 4.58. The zero-order valence-corrected chi connectivity index (χ0v) is 12.4. The molecule has 0 aromatic heterocycles. The van der Waals surface area contributed by atoms with Crippen LogP contribution >= 0.6 is 0 Å². The van der Waals surface area contributed by atoms with Crippen LogP contribution < -0.4 is 5.32 Å². The molecule has 1 aliphatic heterocycles. The maximum Gasteiger partial charge on any atom is 0.409 e. The molecule has 0 unspecified atom stereocenters. The highest BCUT2D eigenvalue weighted by molar-refractivity contribution is 5.67. The number of amides is 1. The van der Waals surface area contributed by atoms with E-state index >= 15 is 0 Å². The topological polar surface area (TPSA) is 41.6 Å². The van der Waals surface area contributed by atoms with Crippen LogP contribution in [0.3, 0.4) is 0 Å². The molecule has 19 heavy (non-hydrogen) atoms. The molecule has 0 spiro atoms. The largest absolute Gasteiger partial charge is 0.450 e. The number of piperidine rings is 1. The van der Waals surface area contributed by atoms with Gasteiger partial charge in [0.1, 0.15) is 0 Å². The quantitative estimate of drug-likeness (QED) is 0.855. The number of nitrogens with zero attached hydrogens (tertiary/aromatic N) is 1. The van der Waals surface area contributed by atoms with Gasteiger partial charge in [-0.05, 0) is 38.5 Å². The third-order valence-corrected chi connectivity index (χ3v) is 4.58. The predicted molar refractivity (Wildman–Crippen MR) is 76.2 cm³/mol. The van der Waals surface area contributed by atoms with Crippen LogP contribution in [0.2, 0.25) is 0 Å². The van der Waals surface area contributed by atoms with Gasteiger partial charge in [0.25, 0.3) is 0 Å². The first-order chi connectivity index (χ1) is 9.20. The lowest BCUT2D eigenvalue weighted by Crippen LogP contribution is -2.50. The van der Waals surface area contributed by atoms with Crippen molar-refractivity contribution in [2.24, 2.45) is 5.92 Å². The molecule has 0 aromatic carbocycles. The predicted octanol–water partition coefficient (Wildman–Crippen LogP) is 2.78. The number of rotatable bonds is 3. The number of ether oxygens (including phenoxy) is 1. The molecule has 1 heterocycles. The summed E-state index contributed by atoms with van der Waals surface area (Å²) >= 11 is 0. The van der Waals surface area contributed by atoms with E-state index in [1.807, 2.05) is 11.8 Å². The van der Waals surface area contributed by atoms with Crippen molar-refractivity contribution in [1.82, 2.24) is 10.2 Å². The first-order valence-corrected chi connectivity index (χ1v) is 7.88. The van der Waals surface area contributed by atoms with E-state index in [0.29, 0.717) is 18.7 Å². The number of hydrogen-bond acceptors (Lipinski definition) is 3. The van der Waals surface area contributed by atoms with E-state index in [0.717, 1.165) is 31.8 Å². The standard InChI is InChI=1S/C15H28N2O2/c1-3-19-15(18)17-10-8-13(9-11-17)16-14-7-5-4-6-12(14)2/h12-14,16H,3-11H2,1-2H3/t12-,14+/m0/s1. The Balaban J connectivity index is 1.72. The van der Waals surface area contributed by atoms with Gasteiger partial charge in [0, 0.05) is 25.2 Å². The molecule has 0 radical (unpaired) electrons. The van der Waals surface area contributed by atoms with Gasteiger partial charge >= 0.3 is 6.09 Å². The zero-order valence-electron chi connectivity index (χ0n) is 12.4. The molecule has 1 saturated heterocycles. The number of likely N-dealkylation sites (tertiary alicyclic amines) is 1. The van der Waals surface area contributed by atoms with E-state index < -0.39 is 0 Å². The fraction of sp³-hybridized carbons (Fsp3) is 0.933. The lowest BCUT2D eigenvalue weighted by Gasteiger charge is -2.37. The summed E-state index contributed by atoms with van der Waals surface area (Å²) in [6, 6.07) is 1.27. The van der Waals surface area contributed by atoms with Crippen molar-refractivity contribution >= 4 is 6.09 Å². The van der Waals surface area contributed by atoms with Gasteiger partial charge in [0.15, 0.2) is 0 Å². The van der Waals surface area contributed by atoms with Crippen LogP contribution in [0.15, 0.2) is 0 Å². The molecule has 1 aliphatic carbocycles. The second-order valence-corrected chi connectivity index (χ2v) is 6.00. The Labute approximate surface area is 116 Å². The van der Waals surface area contributed by atoms with E-state index in [-0.39, 0.29) is 6.09 Å². The molecule has 110 valence electrons. The summed E-state index contributed by atoms with van der Waals surface area (Å²) in [4.78, 5) is 13.5. The summed E-state index contributed by atoms with van der Waals surface area (Å²) in [5.41, 5.74) is 0. The van der Waals surface area contributed by atoms with Crippen LogP contribution in [0.5, 0.6) is 0 Å². The van der Waals surface area contributed by atoms with E-state index in [1.54, 1.807) is 0 Å². The van der Waals surface area contributed by atoms with E-state index in [4.69, 9.17) is 4.74 Å². The molecule has 2 rings (SSSR count). The minimum Gasteiger partial charge on any atom is -0.450 e. The summed E-state index contributed by atoms with van der Waals surface area (Å²) < 4.78 is 5.05. The number of carbonyl (C=O) groups is 1. The van der Waals surface area contributed by atoms with E-state index in [1.165, 1.54) is 25.7 Å². The molecule has 1 amide bonds. The summed E-state index contributed by atoms with van der Waals surface area (Å²) in [5, 5.41) is 3.82. The van der Waals surface area contributed by atoms with Crippen molar-refractivity contribution < 1.29 is 9.53 Å². The van der Waals surface area contributed by atoms with Crippen LogP contribution in [-0.2, 0) is 4.74 Å². The minimum atomic E-state index is -0.146. The summed E-state index contributed by atoms with van der Waals surface area (Å²) in [6.45, 7) is 6.35. The van der Waals surface area contributed by atoms with Gasteiger partial charge in [0.2, 0.25) is 0 Å². The zero-order chi connectivity index (χ0) is 13.7. The molecule has 2 fully saturated rings. The smallest absolute Gasteiger partial charge is 0.409 e. The second kappa shape index (κ2) is 7.13. The Bertz CT molecular complexity index is 288. The molecule has 1 saturated carbocycles. The highest BCUT2D eigenvalue weighted by Crippen LogP contribution is 2.25. The van der Waals surface area contributed by atoms with E-state index in [2.05, 4.69) is 12.2 Å². The molecular formula is C15H28N2O2. The fourth-order valence-electron chi connectivity index (χ4n) is 3.31. The first-order valence-electron chi connectivity index (χ1n) is 7.88. The van der Waals surface area contributed by atoms with Gasteiger partial charge in [-0.3, -0.25) is 0 Å². The Kier molecular flexibility index (Phi) is 5.49. The Hall–Kier alpha value is -0.770. The van der Waals surface area contributed by atoms with Crippen molar-refractivity contribution in [2.75, 3.05) is 19.7 Å². The first kappa shape index (κ1) is 14.6. The summed E-state index contributed by atoms with van der Waals surface area (Å²) in [5.74, 6) is 0.803. The molecular weight excluding hydrogens is 240 g/mol. The maximum absolute atomic E-state index is 11.6. The Morgan fingerprint density at radius 2 is 1.89 bits per heavy atom. The Morgan fingerprint density at radius 3 is 2.53 bits per heavy atom. The molecule has 4 heteroatoms. The molecule has 4 nitrogen and oxygen atoms in total. The molecule has 1 N–H and O–H groups in total. The van der Waals surface area contributed by atoms with Gasteiger partial charge in [-0.25, -0.2) is 4.79 Å². The number of nitrogens with one attached hydrogen (secondary N) is 1. The van der Waals surface area contributed by atoms with Crippen molar-refractivity contribution in [3.05, 3.63) is 0 Å². The van der Waals surface area contributed by atoms with Gasteiger partial charge in [-0.1, -0.05) is 19.8 Å². The summed E-state index contributed by atoms with van der Waals surface area (Å²) in [7, 11) is 0. The van der Waals surface area contributed by atoms with Gasteiger partial charge in [-0.15, -0.1) is 0 Å². The highest BCUT2D eigenvalue weighted by Gasteiger charge is 2.27. The monoisotopic (exact) mass is 268 g/mol. The van der Waals surface area contributed by atoms with Gasteiger partial charge in [-0.2, -0.15) is 0 Å². The molecule has 2 aliphatic rings. The minimum absolute atomic E-state index is 0.146. The maximum atomic E-state index is 11.6. The number of hydrogen-bond donors (Lipinski definition) is 1.